The summed E-state index contributed by atoms with van der Waals surface area (Å²) in [6, 6.07) is 15.9. The van der Waals surface area contributed by atoms with Crippen molar-refractivity contribution in [2.24, 2.45) is 0 Å². The molecule has 0 radical (unpaired) electrons. The van der Waals surface area contributed by atoms with E-state index in [1.165, 1.54) is 0 Å². The van der Waals surface area contributed by atoms with Crippen LogP contribution in [0.15, 0.2) is 48.5 Å². The summed E-state index contributed by atoms with van der Waals surface area (Å²) in [6.07, 6.45) is 0. The summed E-state index contributed by atoms with van der Waals surface area (Å²) in [6.45, 7) is 0.0884. The molecular formula is C16H14O2. The Morgan fingerprint density at radius 1 is 0.556 bits per heavy atom. The zero-order valence-corrected chi connectivity index (χ0v) is 9.93. The third-order valence-corrected chi connectivity index (χ3v) is 3.44. The number of benzene rings is 3. The largest absolute Gasteiger partial charge is 0.392 e. The Kier molecular flexibility index (Phi) is 2.74. The van der Waals surface area contributed by atoms with Gasteiger partial charge in [-0.3, -0.25) is 0 Å². The van der Waals surface area contributed by atoms with Crippen LogP contribution < -0.4 is 0 Å². The highest BCUT2D eigenvalue weighted by Crippen LogP contribution is 2.29. The molecule has 0 bridgehead atoms. The van der Waals surface area contributed by atoms with E-state index in [9.17, 15) is 10.2 Å². The first-order valence-electron chi connectivity index (χ1n) is 5.99. The van der Waals surface area contributed by atoms with Crippen LogP contribution in [0.5, 0.6) is 0 Å². The van der Waals surface area contributed by atoms with Gasteiger partial charge in [-0.1, -0.05) is 48.5 Å². The van der Waals surface area contributed by atoms with E-state index in [1.807, 2.05) is 36.4 Å². The SMILES string of the molecule is OCc1cccc2c1ccc1c(CO)cccc12. The first-order chi connectivity index (χ1) is 8.85. The Morgan fingerprint density at radius 3 is 1.39 bits per heavy atom. The second-order valence-corrected chi connectivity index (χ2v) is 4.41. The van der Waals surface area contributed by atoms with Gasteiger partial charge < -0.3 is 10.2 Å². The van der Waals surface area contributed by atoms with Crippen LogP contribution in [-0.4, -0.2) is 10.2 Å². The van der Waals surface area contributed by atoms with Crippen LogP contribution in [0, 0.1) is 0 Å². The molecule has 0 saturated carbocycles. The second kappa shape index (κ2) is 4.41. The van der Waals surface area contributed by atoms with Crippen molar-refractivity contribution in [1.82, 2.24) is 0 Å². The molecule has 3 rings (SSSR count). The Morgan fingerprint density at radius 2 is 1.00 bits per heavy atom. The van der Waals surface area contributed by atoms with Crippen molar-refractivity contribution in [1.29, 1.82) is 0 Å². The molecule has 0 unspecified atom stereocenters. The van der Waals surface area contributed by atoms with Crippen LogP contribution >= 0.6 is 0 Å². The topological polar surface area (TPSA) is 40.5 Å². The van der Waals surface area contributed by atoms with Gasteiger partial charge >= 0.3 is 0 Å². The number of hydrogen-bond acceptors (Lipinski definition) is 2. The quantitative estimate of drug-likeness (QED) is 0.674. The maximum absolute atomic E-state index is 9.37. The predicted octanol–water partition coefficient (Wildman–Crippen LogP) is 2.98. The molecule has 3 aromatic rings. The van der Waals surface area contributed by atoms with Gasteiger partial charge in [0.05, 0.1) is 13.2 Å². The molecule has 2 N–H and O–H groups in total. The van der Waals surface area contributed by atoms with E-state index in [-0.39, 0.29) is 13.2 Å². The monoisotopic (exact) mass is 238 g/mol. The van der Waals surface area contributed by atoms with E-state index in [2.05, 4.69) is 12.1 Å². The third kappa shape index (κ3) is 1.58. The third-order valence-electron chi connectivity index (χ3n) is 3.44. The van der Waals surface area contributed by atoms with Crippen molar-refractivity contribution in [2.45, 2.75) is 13.2 Å². The van der Waals surface area contributed by atoms with Crippen molar-refractivity contribution >= 4 is 21.5 Å². The van der Waals surface area contributed by atoms with Crippen LogP contribution in [0.3, 0.4) is 0 Å². The van der Waals surface area contributed by atoms with Gasteiger partial charge in [0.2, 0.25) is 0 Å². The van der Waals surface area contributed by atoms with Gasteiger partial charge in [-0.25, -0.2) is 0 Å². The molecule has 0 amide bonds. The van der Waals surface area contributed by atoms with Crippen LogP contribution in [-0.2, 0) is 13.2 Å². The van der Waals surface area contributed by atoms with Crippen molar-refractivity contribution in [3.05, 3.63) is 59.7 Å². The fourth-order valence-corrected chi connectivity index (χ4v) is 2.53. The minimum Gasteiger partial charge on any atom is -0.392 e. The first-order valence-corrected chi connectivity index (χ1v) is 5.99. The molecule has 90 valence electrons. The number of aliphatic hydroxyl groups is 2. The van der Waals surface area contributed by atoms with E-state index in [4.69, 9.17) is 0 Å². The van der Waals surface area contributed by atoms with Gasteiger partial charge in [-0.2, -0.15) is 0 Å². The summed E-state index contributed by atoms with van der Waals surface area (Å²) in [5, 5.41) is 23.1. The van der Waals surface area contributed by atoms with Crippen LogP contribution in [0.2, 0.25) is 0 Å². The molecule has 0 spiro atoms. The zero-order chi connectivity index (χ0) is 12.5. The summed E-state index contributed by atoms with van der Waals surface area (Å²) in [4.78, 5) is 0. The molecule has 2 nitrogen and oxygen atoms in total. The lowest BCUT2D eigenvalue weighted by Gasteiger charge is -2.09. The summed E-state index contributed by atoms with van der Waals surface area (Å²) >= 11 is 0. The molecule has 0 aliphatic heterocycles. The van der Waals surface area contributed by atoms with Crippen molar-refractivity contribution in [3.8, 4) is 0 Å². The van der Waals surface area contributed by atoms with Gasteiger partial charge in [0.25, 0.3) is 0 Å². The fourth-order valence-electron chi connectivity index (χ4n) is 2.53. The normalized spacial score (nSPS) is 11.2. The summed E-state index contributed by atoms with van der Waals surface area (Å²) in [7, 11) is 0. The predicted molar refractivity (Wildman–Crippen MR) is 73.3 cm³/mol. The van der Waals surface area contributed by atoms with E-state index in [0.29, 0.717) is 0 Å². The average Bonchev–Trinajstić information content (AvgIpc) is 2.45. The Balaban J connectivity index is 2.47. The highest BCUT2D eigenvalue weighted by atomic mass is 16.3. The molecule has 0 aliphatic carbocycles. The lowest BCUT2D eigenvalue weighted by molar-refractivity contribution is 0.283. The molecule has 18 heavy (non-hydrogen) atoms. The van der Waals surface area contributed by atoms with E-state index < -0.39 is 0 Å². The van der Waals surface area contributed by atoms with Gasteiger partial charge in [-0.15, -0.1) is 0 Å². The zero-order valence-electron chi connectivity index (χ0n) is 9.93. The summed E-state index contributed by atoms with van der Waals surface area (Å²) < 4.78 is 0. The molecule has 0 saturated heterocycles. The van der Waals surface area contributed by atoms with Crippen molar-refractivity contribution in [2.75, 3.05) is 0 Å². The maximum atomic E-state index is 9.37. The molecule has 0 aliphatic rings. The van der Waals surface area contributed by atoms with Crippen molar-refractivity contribution in [3.63, 3.8) is 0 Å². The Labute approximate surface area is 105 Å². The number of hydrogen-bond donors (Lipinski definition) is 2. The molecule has 2 heteroatoms. The molecular weight excluding hydrogens is 224 g/mol. The lowest BCUT2D eigenvalue weighted by atomic mass is 9.96. The highest BCUT2D eigenvalue weighted by molar-refractivity contribution is 6.09. The molecule has 3 aromatic carbocycles. The van der Waals surface area contributed by atoms with Crippen LogP contribution in [0.1, 0.15) is 11.1 Å². The minimum absolute atomic E-state index is 0.0442. The smallest absolute Gasteiger partial charge is 0.0687 e. The first kappa shape index (κ1) is 11.2. The van der Waals surface area contributed by atoms with Gasteiger partial charge in [0, 0.05) is 0 Å². The van der Waals surface area contributed by atoms with Gasteiger partial charge in [0.15, 0.2) is 0 Å². The Hall–Kier alpha value is -1.90. The molecule has 0 aromatic heterocycles. The molecule has 0 heterocycles. The van der Waals surface area contributed by atoms with Crippen molar-refractivity contribution < 1.29 is 10.2 Å². The van der Waals surface area contributed by atoms with E-state index >= 15 is 0 Å². The number of aliphatic hydroxyl groups excluding tert-OH is 2. The summed E-state index contributed by atoms with van der Waals surface area (Å²) in [5.41, 5.74) is 1.87. The number of rotatable bonds is 2. The molecule has 0 fully saturated rings. The van der Waals surface area contributed by atoms with E-state index in [1.54, 1.807) is 0 Å². The number of fused-ring (bicyclic) bond motifs is 3. The van der Waals surface area contributed by atoms with Gasteiger partial charge in [-0.05, 0) is 32.7 Å². The van der Waals surface area contributed by atoms with E-state index in [0.717, 1.165) is 32.7 Å². The molecule has 0 atom stereocenters. The maximum Gasteiger partial charge on any atom is 0.0687 e. The fraction of sp³-hybridized carbons (Fsp3) is 0.125. The minimum atomic E-state index is 0.0442. The van der Waals surface area contributed by atoms with Gasteiger partial charge in [0.1, 0.15) is 0 Å². The standard InChI is InChI=1S/C16H14O2/c17-9-11-3-1-5-15-13(11)7-8-14-12(10-18)4-2-6-16(14)15/h1-8,17-18H,9-10H2. The van der Waals surface area contributed by atoms with Crippen LogP contribution in [0.25, 0.3) is 21.5 Å². The second-order valence-electron chi connectivity index (χ2n) is 4.41. The van der Waals surface area contributed by atoms with Crippen LogP contribution in [0.4, 0.5) is 0 Å². The summed E-state index contributed by atoms with van der Waals surface area (Å²) in [5.74, 6) is 0. The lowest BCUT2D eigenvalue weighted by Crippen LogP contribution is -1.89. The Bertz CT molecular complexity index is 654. The highest BCUT2D eigenvalue weighted by Gasteiger charge is 2.06. The average molecular weight is 238 g/mol.